The van der Waals surface area contributed by atoms with Gasteiger partial charge in [-0.3, -0.25) is 9.69 Å². The molecule has 51 heavy (non-hydrogen) atoms. The molecule has 0 spiro atoms. The van der Waals surface area contributed by atoms with Gasteiger partial charge in [-0.2, -0.15) is 4.80 Å². The van der Waals surface area contributed by atoms with E-state index in [1.807, 2.05) is 0 Å². The molecule has 3 N–H and O–H groups in total. The molecule has 4 aliphatic carbocycles. The van der Waals surface area contributed by atoms with Crippen LogP contribution < -0.4 is 5.73 Å². The minimum Gasteiger partial charge on any atom is -0.481 e. The van der Waals surface area contributed by atoms with Gasteiger partial charge in [0.2, 0.25) is 0 Å². The van der Waals surface area contributed by atoms with Crippen molar-refractivity contribution in [2.45, 2.75) is 139 Å². The molecule has 3 saturated carbocycles. The molecule has 4 fully saturated rings. The van der Waals surface area contributed by atoms with E-state index in [-0.39, 0.29) is 56.6 Å². The van der Waals surface area contributed by atoms with Gasteiger partial charge in [-0.05, 0) is 110 Å². The van der Waals surface area contributed by atoms with Crippen molar-refractivity contribution in [1.29, 1.82) is 0 Å². The van der Waals surface area contributed by atoms with Gasteiger partial charge in [0.25, 0.3) is 5.95 Å². The first-order valence-electron chi connectivity index (χ1n) is 20.2. The van der Waals surface area contributed by atoms with E-state index in [1.165, 1.54) is 5.57 Å². The molecule has 6 rings (SSSR count). The molecule has 1 aliphatic heterocycles. The van der Waals surface area contributed by atoms with E-state index < -0.39 is 11.9 Å². The lowest BCUT2D eigenvalue weighted by Gasteiger charge is -2.71. The monoisotopic (exact) mass is 711 g/mol. The second-order valence-corrected chi connectivity index (χ2v) is 19.5. The Kier molecular flexibility index (Phi) is 9.91. The third-order valence-corrected chi connectivity index (χ3v) is 17.1. The summed E-state index contributed by atoms with van der Waals surface area (Å²) in [6, 6.07) is -0.165. The van der Waals surface area contributed by atoms with Crippen LogP contribution in [-0.4, -0.2) is 80.7 Å². The molecule has 2 bridgehead atoms. The molecule has 0 amide bonds. The normalized spacial score (nSPS) is 42.5. The molecule has 5 aliphatic rings. The van der Waals surface area contributed by atoms with Crippen LogP contribution in [0, 0.1) is 62.6 Å². The summed E-state index contributed by atoms with van der Waals surface area (Å²) in [5.74, 6) is 0.914. The number of likely N-dealkylation sites (N-methyl/N-ethyl adjacent to an activating group) is 1. The van der Waals surface area contributed by atoms with E-state index in [9.17, 15) is 9.90 Å². The van der Waals surface area contributed by atoms with E-state index in [4.69, 9.17) is 15.2 Å². The van der Waals surface area contributed by atoms with Crippen LogP contribution in [0.25, 0.3) is 0 Å². The first-order chi connectivity index (χ1) is 23.8. The second kappa shape index (κ2) is 13.1. The Labute approximate surface area is 308 Å². The van der Waals surface area contributed by atoms with Gasteiger partial charge in [0.05, 0.1) is 31.8 Å². The minimum absolute atomic E-state index is 0.144. The summed E-state index contributed by atoms with van der Waals surface area (Å²) in [5, 5.41) is 24.4. The predicted octanol–water partition coefficient (Wildman–Crippen LogP) is 7.53. The first-order valence-corrected chi connectivity index (χ1v) is 20.2. The van der Waals surface area contributed by atoms with Crippen LogP contribution in [0.3, 0.4) is 0 Å². The predicted molar refractivity (Wildman–Crippen MR) is 201 cm³/mol. The van der Waals surface area contributed by atoms with Crippen molar-refractivity contribution in [2.75, 3.05) is 38.6 Å². The lowest BCUT2D eigenvalue weighted by Crippen LogP contribution is -2.69. The van der Waals surface area contributed by atoms with Crippen molar-refractivity contribution >= 4 is 11.9 Å². The zero-order valence-corrected chi connectivity index (χ0v) is 34.0. The summed E-state index contributed by atoms with van der Waals surface area (Å²) in [7, 11) is 0. The van der Waals surface area contributed by atoms with Gasteiger partial charge >= 0.3 is 5.97 Å². The highest BCUT2D eigenvalue weighted by Crippen LogP contribution is 2.75. The van der Waals surface area contributed by atoms with E-state index in [1.54, 1.807) is 4.80 Å². The zero-order chi connectivity index (χ0) is 37.5. The number of carboxylic acids is 1. The summed E-state index contributed by atoms with van der Waals surface area (Å²) in [5.41, 5.74) is 6.21. The number of carboxylic acid groups (broad SMARTS) is 1. The summed E-state index contributed by atoms with van der Waals surface area (Å²) >= 11 is 0. The number of anilines is 1. The number of carbonyl (C=O) groups is 1. The number of tetrazole rings is 1. The maximum absolute atomic E-state index is 13.5. The Balaban J connectivity index is 1.43. The lowest BCUT2D eigenvalue weighted by molar-refractivity contribution is -0.256. The van der Waals surface area contributed by atoms with Crippen LogP contribution in [0.1, 0.15) is 128 Å². The SMILES string of the molecule is CCN(CC)[C@](C)(CO[C@H]1[C@H](n2nnc(N)n2)C[C@@]23COC[C@]1(C)[C@@H]2CC[C@H]1C3=CC[C@@]2(C)[C@H](C(=O)O)[C@@](C)([C@H](C)C(C)C)CC[C@]12C)C(C)C. The smallest absolute Gasteiger partial charge is 0.307 e. The quantitative estimate of drug-likeness (QED) is 0.224. The van der Waals surface area contributed by atoms with Gasteiger partial charge in [0, 0.05) is 16.4 Å². The maximum atomic E-state index is 13.5. The number of allylic oxidation sites excluding steroid dienone is 1. The third-order valence-electron chi connectivity index (χ3n) is 17.1. The highest BCUT2D eigenvalue weighted by Gasteiger charge is 2.72. The van der Waals surface area contributed by atoms with E-state index in [0.717, 1.165) is 51.6 Å². The number of ether oxygens (including phenoxy) is 2. The van der Waals surface area contributed by atoms with Gasteiger partial charge in [0.15, 0.2) is 0 Å². The second-order valence-electron chi connectivity index (χ2n) is 19.5. The van der Waals surface area contributed by atoms with E-state index >= 15 is 0 Å². The fourth-order valence-corrected chi connectivity index (χ4v) is 13.3. The third kappa shape index (κ3) is 5.40. The largest absolute Gasteiger partial charge is 0.481 e. The van der Waals surface area contributed by atoms with Gasteiger partial charge in [-0.1, -0.05) is 92.9 Å². The molecule has 1 aromatic heterocycles. The minimum atomic E-state index is -0.624. The summed E-state index contributed by atoms with van der Waals surface area (Å²) in [4.78, 5) is 17.8. The van der Waals surface area contributed by atoms with Crippen LogP contribution in [0.15, 0.2) is 11.6 Å². The molecule has 1 aromatic rings. The number of rotatable bonds is 11. The van der Waals surface area contributed by atoms with Crippen molar-refractivity contribution < 1.29 is 19.4 Å². The fourth-order valence-electron chi connectivity index (χ4n) is 13.3. The molecule has 0 unspecified atom stereocenters. The summed E-state index contributed by atoms with van der Waals surface area (Å²) in [6.45, 7) is 31.4. The van der Waals surface area contributed by atoms with Crippen molar-refractivity contribution in [1.82, 2.24) is 25.1 Å². The van der Waals surface area contributed by atoms with Gasteiger partial charge in [-0.15, -0.1) is 5.10 Å². The van der Waals surface area contributed by atoms with Crippen molar-refractivity contribution in [2.24, 2.45) is 62.6 Å². The summed E-state index contributed by atoms with van der Waals surface area (Å²) in [6.07, 6.45) is 7.99. The number of hydrogen-bond donors (Lipinski definition) is 2. The van der Waals surface area contributed by atoms with Gasteiger partial charge in [0.1, 0.15) is 6.04 Å². The molecular formula is C41H70N6O4. The van der Waals surface area contributed by atoms with Gasteiger partial charge < -0.3 is 20.3 Å². The Morgan fingerprint density at radius 2 is 1.78 bits per heavy atom. The average molecular weight is 711 g/mol. The molecule has 12 atom stereocenters. The highest BCUT2D eigenvalue weighted by molar-refractivity contribution is 5.73. The molecule has 10 heteroatoms. The molecule has 0 aromatic carbocycles. The molecular weight excluding hydrogens is 640 g/mol. The average Bonchev–Trinajstić information content (AvgIpc) is 3.50. The Morgan fingerprint density at radius 3 is 2.35 bits per heavy atom. The first kappa shape index (κ1) is 38.7. The molecule has 10 nitrogen and oxygen atoms in total. The number of fused-ring (bicyclic) bond motifs is 3. The lowest BCUT2D eigenvalue weighted by atomic mass is 9.34. The number of hydrogen-bond acceptors (Lipinski definition) is 8. The van der Waals surface area contributed by atoms with E-state index in [2.05, 4.69) is 109 Å². The van der Waals surface area contributed by atoms with Gasteiger partial charge in [-0.25, -0.2) is 0 Å². The maximum Gasteiger partial charge on any atom is 0.307 e. The molecule has 288 valence electrons. The zero-order valence-electron chi connectivity index (χ0n) is 34.0. The Morgan fingerprint density at radius 1 is 1.10 bits per heavy atom. The standard InChI is InChI=1S/C41H70N6O4/c1-13-46(14-2)40(12,26(5)6)23-51-33-30(47-44-35(42)43-45-47)21-41-24-50-22-37(33,9)31(41)16-15-28-29(41)17-18-39(11)32(34(48)49)36(8,27(7)25(3)4)19-20-38(28,39)10/h17,25-28,30-33H,13-16,18-24H2,1-12H3,(H2,42,44)(H,48,49)/t27-,28+,30-,31+,32-,33+,36-,37-,38-,39+,40-,41+/m1/s1. The molecule has 0 radical (unpaired) electrons. The molecule has 1 saturated heterocycles. The van der Waals surface area contributed by atoms with Crippen molar-refractivity contribution in [3.05, 3.63) is 11.6 Å². The van der Waals surface area contributed by atoms with Crippen LogP contribution in [0.2, 0.25) is 0 Å². The number of aliphatic carboxylic acids is 1. The topological polar surface area (TPSA) is 129 Å². The van der Waals surface area contributed by atoms with E-state index in [0.29, 0.717) is 43.5 Å². The van der Waals surface area contributed by atoms with Crippen LogP contribution in [-0.2, 0) is 14.3 Å². The Hall–Kier alpha value is -2.04. The Bertz CT molecular complexity index is 1490. The summed E-state index contributed by atoms with van der Waals surface area (Å²) < 4.78 is 14.1. The highest BCUT2D eigenvalue weighted by atomic mass is 16.5. The van der Waals surface area contributed by atoms with Crippen molar-refractivity contribution in [3.63, 3.8) is 0 Å². The van der Waals surface area contributed by atoms with Crippen LogP contribution in [0.5, 0.6) is 0 Å². The van der Waals surface area contributed by atoms with Crippen molar-refractivity contribution in [3.8, 4) is 0 Å². The number of nitrogens with two attached hydrogens (primary N) is 1. The van der Waals surface area contributed by atoms with Crippen LogP contribution in [0.4, 0.5) is 5.95 Å². The number of nitrogens with zero attached hydrogens (tertiary/aromatic N) is 5. The van der Waals surface area contributed by atoms with Crippen LogP contribution >= 0.6 is 0 Å². The number of aromatic nitrogens is 4. The molecule has 2 heterocycles. The number of nitrogen functional groups attached to an aromatic ring is 1. The fraction of sp³-hybridized carbons (Fsp3) is 0.902.